The highest BCUT2D eigenvalue weighted by Gasteiger charge is 2.29. The van der Waals surface area contributed by atoms with Gasteiger partial charge >= 0.3 is 0 Å². The molecule has 0 radical (unpaired) electrons. The Balaban J connectivity index is 1.55. The number of piperidine rings is 1. The van der Waals surface area contributed by atoms with Crippen LogP contribution in [0.1, 0.15) is 46.3 Å². The number of aliphatic hydroxyl groups is 1. The number of rotatable bonds is 4. The van der Waals surface area contributed by atoms with Crippen LogP contribution in [0.15, 0.2) is 48.5 Å². The van der Waals surface area contributed by atoms with Crippen molar-refractivity contribution in [2.45, 2.75) is 32.3 Å². The van der Waals surface area contributed by atoms with E-state index < -0.39 is 0 Å². The van der Waals surface area contributed by atoms with Gasteiger partial charge in [-0.2, -0.15) is 0 Å². The fourth-order valence-corrected chi connectivity index (χ4v) is 4.08. The Morgan fingerprint density at radius 2 is 1.90 bits per heavy atom. The summed E-state index contributed by atoms with van der Waals surface area (Å²) in [4.78, 5) is 15.1. The Morgan fingerprint density at radius 1 is 1.14 bits per heavy atom. The number of aliphatic hydroxyl groups excluding tert-OH is 1. The summed E-state index contributed by atoms with van der Waals surface area (Å²) >= 11 is 0. The van der Waals surface area contributed by atoms with Crippen molar-refractivity contribution in [3.05, 3.63) is 71.3 Å². The predicted molar refractivity (Wildman–Crippen MR) is 111 cm³/mol. The van der Waals surface area contributed by atoms with Gasteiger partial charge in [-0.1, -0.05) is 42.0 Å². The highest BCUT2D eigenvalue weighted by molar-refractivity contribution is 5.95. The van der Waals surface area contributed by atoms with Gasteiger partial charge in [-0.05, 0) is 43.0 Å². The molecule has 2 aromatic carbocycles. The molecule has 0 spiro atoms. The number of aryl methyl sites for hydroxylation is 1. The van der Waals surface area contributed by atoms with Crippen molar-refractivity contribution < 1.29 is 9.90 Å². The van der Waals surface area contributed by atoms with Gasteiger partial charge in [0, 0.05) is 31.6 Å². The van der Waals surface area contributed by atoms with Crippen molar-refractivity contribution in [2.24, 2.45) is 7.05 Å². The molecule has 0 bridgehead atoms. The number of aromatic nitrogens is 3. The summed E-state index contributed by atoms with van der Waals surface area (Å²) in [5.74, 6) is 1.56. The molecule has 29 heavy (non-hydrogen) atoms. The summed E-state index contributed by atoms with van der Waals surface area (Å²) in [5.41, 5.74) is 4.07. The summed E-state index contributed by atoms with van der Waals surface area (Å²) in [7, 11) is 1.87. The average Bonchev–Trinajstić information content (AvgIpc) is 3.14. The van der Waals surface area contributed by atoms with Crippen molar-refractivity contribution in [1.29, 1.82) is 0 Å². The highest BCUT2D eigenvalue weighted by Crippen LogP contribution is 2.28. The zero-order valence-electron chi connectivity index (χ0n) is 16.9. The molecule has 0 aliphatic carbocycles. The van der Waals surface area contributed by atoms with Crippen LogP contribution in [0.5, 0.6) is 0 Å². The van der Waals surface area contributed by atoms with E-state index >= 15 is 0 Å². The molecular weight excluding hydrogens is 364 g/mol. The molecule has 2 heterocycles. The topological polar surface area (TPSA) is 71.2 Å². The third kappa shape index (κ3) is 3.93. The molecule has 1 saturated heterocycles. The quantitative estimate of drug-likeness (QED) is 0.742. The molecule has 1 N–H and O–H groups in total. The normalized spacial score (nSPS) is 16.8. The molecule has 4 rings (SSSR count). The summed E-state index contributed by atoms with van der Waals surface area (Å²) in [5, 5.41) is 17.7. The van der Waals surface area contributed by atoms with E-state index in [0.29, 0.717) is 17.9 Å². The lowest BCUT2D eigenvalue weighted by molar-refractivity contribution is 0.0703. The second kappa shape index (κ2) is 8.17. The first kappa shape index (κ1) is 19.3. The lowest BCUT2D eigenvalue weighted by Crippen LogP contribution is -2.39. The first-order chi connectivity index (χ1) is 14.1. The largest absolute Gasteiger partial charge is 0.388 e. The van der Waals surface area contributed by atoms with E-state index in [2.05, 4.69) is 35.3 Å². The van der Waals surface area contributed by atoms with Crippen LogP contribution in [-0.4, -0.2) is 43.8 Å². The average molecular weight is 390 g/mol. The number of hydrogen-bond donors (Lipinski definition) is 1. The molecule has 1 atom stereocenters. The third-order valence-electron chi connectivity index (χ3n) is 5.67. The van der Waals surface area contributed by atoms with E-state index in [9.17, 15) is 9.90 Å². The maximum Gasteiger partial charge on any atom is 0.253 e. The number of hydrogen-bond acceptors (Lipinski definition) is 4. The number of carbonyl (C=O) groups is 1. The van der Waals surface area contributed by atoms with E-state index in [1.54, 1.807) is 0 Å². The van der Waals surface area contributed by atoms with E-state index in [0.717, 1.165) is 36.3 Å². The van der Waals surface area contributed by atoms with Crippen molar-refractivity contribution in [3.63, 3.8) is 0 Å². The Labute approximate surface area is 170 Å². The number of benzene rings is 2. The molecular formula is C23H26N4O2. The fraction of sp³-hybridized carbons (Fsp3) is 0.348. The first-order valence-electron chi connectivity index (χ1n) is 10.0. The molecule has 1 aliphatic heterocycles. The van der Waals surface area contributed by atoms with Gasteiger partial charge in [0.05, 0.1) is 0 Å². The smallest absolute Gasteiger partial charge is 0.253 e. The molecule has 1 fully saturated rings. The number of amides is 1. The summed E-state index contributed by atoms with van der Waals surface area (Å²) in [6.07, 6.45) is 1.89. The maximum atomic E-state index is 13.2. The van der Waals surface area contributed by atoms with Gasteiger partial charge in [0.2, 0.25) is 0 Å². The molecule has 150 valence electrons. The van der Waals surface area contributed by atoms with Crippen LogP contribution < -0.4 is 0 Å². The van der Waals surface area contributed by atoms with Gasteiger partial charge in [0.25, 0.3) is 5.91 Å². The van der Waals surface area contributed by atoms with E-state index in [1.165, 1.54) is 5.56 Å². The van der Waals surface area contributed by atoms with Gasteiger partial charge in [0.1, 0.15) is 12.4 Å². The molecule has 6 heteroatoms. The SMILES string of the molecule is Cc1cccc(-c2cccc(C(=O)N3CCCC(c4nnc(CO)n4C)C3)c2)c1. The summed E-state index contributed by atoms with van der Waals surface area (Å²) < 4.78 is 1.84. The summed E-state index contributed by atoms with van der Waals surface area (Å²) in [6.45, 7) is 3.30. The Bertz CT molecular complexity index is 1030. The minimum absolute atomic E-state index is 0.0498. The fourth-order valence-electron chi connectivity index (χ4n) is 4.08. The molecule has 1 amide bonds. The number of nitrogens with zero attached hydrogens (tertiary/aromatic N) is 4. The summed E-state index contributed by atoms with van der Waals surface area (Å²) in [6, 6.07) is 16.2. The van der Waals surface area contributed by atoms with Crippen LogP contribution in [0.3, 0.4) is 0 Å². The lowest BCUT2D eigenvalue weighted by Gasteiger charge is -2.32. The standard InChI is InChI=1S/C23H26N4O2/c1-16-6-3-7-17(12-16)18-8-4-9-19(13-18)23(29)27-11-5-10-20(14-27)22-25-24-21(15-28)26(22)2/h3-4,6-9,12-13,20,28H,5,10-11,14-15H2,1-2H3. The Morgan fingerprint density at radius 3 is 2.62 bits per heavy atom. The zero-order valence-corrected chi connectivity index (χ0v) is 16.9. The predicted octanol–water partition coefficient (Wildman–Crippen LogP) is 3.30. The molecule has 1 aromatic heterocycles. The monoisotopic (exact) mass is 390 g/mol. The van der Waals surface area contributed by atoms with Crippen molar-refractivity contribution in [1.82, 2.24) is 19.7 Å². The molecule has 1 unspecified atom stereocenters. The van der Waals surface area contributed by atoms with Crippen LogP contribution in [0.25, 0.3) is 11.1 Å². The lowest BCUT2D eigenvalue weighted by atomic mass is 9.96. The van der Waals surface area contributed by atoms with Crippen molar-refractivity contribution in [3.8, 4) is 11.1 Å². The maximum absolute atomic E-state index is 13.2. The Kier molecular flexibility index (Phi) is 5.45. The number of likely N-dealkylation sites (tertiary alicyclic amines) is 1. The van der Waals surface area contributed by atoms with Gasteiger partial charge in [-0.3, -0.25) is 4.79 Å². The van der Waals surface area contributed by atoms with Gasteiger partial charge in [0.15, 0.2) is 5.82 Å². The number of carbonyl (C=O) groups excluding carboxylic acids is 1. The molecule has 6 nitrogen and oxygen atoms in total. The van der Waals surface area contributed by atoms with Gasteiger partial charge in [-0.25, -0.2) is 0 Å². The Hall–Kier alpha value is -2.99. The van der Waals surface area contributed by atoms with E-state index in [-0.39, 0.29) is 18.4 Å². The van der Waals surface area contributed by atoms with Crippen LogP contribution in [0.4, 0.5) is 0 Å². The van der Waals surface area contributed by atoms with E-state index in [4.69, 9.17) is 0 Å². The minimum Gasteiger partial charge on any atom is -0.388 e. The van der Waals surface area contributed by atoms with Gasteiger partial charge < -0.3 is 14.6 Å². The molecule has 1 aliphatic rings. The van der Waals surface area contributed by atoms with Crippen LogP contribution in [0.2, 0.25) is 0 Å². The molecule has 3 aromatic rings. The van der Waals surface area contributed by atoms with Gasteiger partial charge in [-0.15, -0.1) is 10.2 Å². The first-order valence-corrected chi connectivity index (χ1v) is 10.0. The molecule has 0 saturated carbocycles. The third-order valence-corrected chi connectivity index (χ3v) is 5.67. The highest BCUT2D eigenvalue weighted by atomic mass is 16.3. The van der Waals surface area contributed by atoms with Crippen molar-refractivity contribution in [2.75, 3.05) is 13.1 Å². The van der Waals surface area contributed by atoms with Crippen LogP contribution in [0, 0.1) is 6.92 Å². The van der Waals surface area contributed by atoms with E-state index in [1.807, 2.05) is 46.8 Å². The minimum atomic E-state index is -0.134. The van der Waals surface area contributed by atoms with Crippen LogP contribution in [-0.2, 0) is 13.7 Å². The second-order valence-corrected chi connectivity index (χ2v) is 7.73. The zero-order chi connectivity index (χ0) is 20.4. The second-order valence-electron chi connectivity index (χ2n) is 7.73. The van der Waals surface area contributed by atoms with Crippen LogP contribution >= 0.6 is 0 Å². The van der Waals surface area contributed by atoms with Crippen molar-refractivity contribution >= 4 is 5.91 Å².